The zero-order chi connectivity index (χ0) is 11.8. The van der Waals surface area contributed by atoms with Crippen molar-refractivity contribution in [1.82, 2.24) is 9.78 Å². The summed E-state index contributed by atoms with van der Waals surface area (Å²) in [6.07, 6.45) is 2.93. The molecule has 1 aliphatic heterocycles. The first-order valence-electron chi connectivity index (χ1n) is 5.79. The van der Waals surface area contributed by atoms with E-state index in [2.05, 4.69) is 62.2 Å². The molecule has 0 saturated heterocycles. The Kier molecular flexibility index (Phi) is 2.67. The molecule has 0 aliphatic carbocycles. The molecule has 0 radical (unpaired) electrons. The quantitative estimate of drug-likeness (QED) is 0.873. The van der Waals surface area contributed by atoms with Crippen molar-refractivity contribution in [3.8, 4) is 0 Å². The number of rotatable bonds is 1. The number of benzene rings is 1. The van der Waals surface area contributed by atoms with Gasteiger partial charge in [0.15, 0.2) is 0 Å². The van der Waals surface area contributed by atoms with E-state index in [1.165, 1.54) is 11.1 Å². The first kappa shape index (κ1) is 10.8. The minimum atomic E-state index is 0.345. The Morgan fingerprint density at radius 2 is 2.35 bits per heavy atom. The van der Waals surface area contributed by atoms with E-state index >= 15 is 0 Å². The van der Waals surface area contributed by atoms with Gasteiger partial charge in [0.05, 0.1) is 16.7 Å². The summed E-state index contributed by atoms with van der Waals surface area (Å²) < 4.78 is 3.11. The summed E-state index contributed by atoms with van der Waals surface area (Å²) in [5.74, 6) is 1.09. The largest absolute Gasteiger partial charge is 0.369 e. The van der Waals surface area contributed by atoms with Crippen LogP contribution in [0.15, 0.2) is 34.9 Å². The van der Waals surface area contributed by atoms with Crippen molar-refractivity contribution in [2.24, 2.45) is 0 Å². The number of fused-ring (bicyclic) bond motifs is 1. The van der Waals surface area contributed by atoms with E-state index in [1.807, 2.05) is 6.20 Å². The first-order valence-corrected chi connectivity index (χ1v) is 6.58. The molecule has 2 aromatic rings. The van der Waals surface area contributed by atoms with Crippen LogP contribution in [-0.2, 0) is 0 Å². The second-order valence-electron chi connectivity index (χ2n) is 4.43. The Morgan fingerprint density at radius 1 is 1.47 bits per heavy atom. The van der Waals surface area contributed by atoms with E-state index in [-0.39, 0.29) is 0 Å². The van der Waals surface area contributed by atoms with E-state index in [4.69, 9.17) is 0 Å². The molecule has 1 N–H and O–H groups in total. The highest BCUT2D eigenvalue weighted by Gasteiger charge is 2.23. The third-order valence-electron chi connectivity index (χ3n) is 3.18. The lowest BCUT2D eigenvalue weighted by molar-refractivity contribution is 0.481. The summed E-state index contributed by atoms with van der Waals surface area (Å²) >= 11 is 3.52. The van der Waals surface area contributed by atoms with E-state index < -0.39 is 0 Å². The van der Waals surface area contributed by atoms with Gasteiger partial charge < -0.3 is 5.32 Å². The van der Waals surface area contributed by atoms with Gasteiger partial charge in [0.25, 0.3) is 0 Å². The fraction of sp³-hybridized carbons (Fsp3) is 0.308. The molecule has 1 aromatic heterocycles. The Balaban J connectivity index is 2.06. The molecule has 1 aliphatic rings. The van der Waals surface area contributed by atoms with Gasteiger partial charge in [0.2, 0.25) is 0 Å². The summed E-state index contributed by atoms with van der Waals surface area (Å²) in [5, 5.41) is 7.83. The van der Waals surface area contributed by atoms with E-state index in [1.54, 1.807) is 0 Å². The van der Waals surface area contributed by atoms with E-state index in [0.29, 0.717) is 6.04 Å². The molecule has 3 nitrogen and oxygen atoms in total. The highest BCUT2D eigenvalue weighted by atomic mass is 79.9. The van der Waals surface area contributed by atoms with Crippen molar-refractivity contribution in [3.63, 3.8) is 0 Å². The van der Waals surface area contributed by atoms with E-state index in [0.717, 1.165) is 23.3 Å². The highest BCUT2D eigenvalue weighted by Crippen LogP contribution is 2.33. The molecular formula is C13H14BrN3. The normalized spacial score (nSPS) is 18.6. The number of anilines is 1. The molecule has 17 heavy (non-hydrogen) atoms. The molecule has 0 bridgehead atoms. The average molecular weight is 292 g/mol. The topological polar surface area (TPSA) is 29.9 Å². The molecule has 1 unspecified atom stereocenters. The lowest BCUT2D eigenvalue weighted by Gasteiger charge is -2.26. The van der Waals surface area contributed by atoms with Gasteiger partial charge in [-0.25, -0.2) is 4.68 Å². The third kappa shape index (κ3) is 1.86. The lowest BCUT2D eigenvalue weighted by atomic mass is 10.0. The van der Waals surface area contributed by atoms with Crippen molar-refractivity contribution in [2.45, 2.75) is 19.4 Å². The van der Waals surface area contributed by atoms with Crippen molar-refractivity contribution < 1.29 is 0 Å². The Bertz CT molecular complexity index is 547. The van der Waals surface area contributed by atoms with Crippen LogP contribution in [0, 0.1) is 6.92 Å². The predicted molar refractivity (Wildman–Crippen MR) is 72.4 cm³/mol. The van der Waals surface area contributed by atoms with Gasteiger partial charge in [-0.3, -0.25) is 0 Å². The smallest absolute Gasteiger partial charge is 0.139 e. The lowest BCUT2D eigenvalue weighted by Crippen LogP contribution is -2.24. The maximum absolute atomic E-state index is 4.45. The number of halogens is 1. The number of hydrogen-bond acceptors (Lipinski definition) is 2. The summed E-state index contributed by atoms with van der Waals surface area (Å²) in [7, 11) is 0. The van der Waals surface area contributed by atoms with Gasteiger partial charge in [-0.1, -0.05) is 29.8 Å². The van der Waals surface area contributed by atoms with Gasteiger partial charge in [-0.15, -0.1) is 0 Å². The number of aryl methyl sites for hydroxylation is 1. The minimum Gasteiger partial charge on any atom is -0.369 e. The number of aromatic nitrogens is 2. The van der Waals surface area contributed by atoms with Crippen molar-refractivity contribution in [2.75, 3.05) is 11.9 Å². The SMILES string of the molecule is Cc1cccc(C2CCNc3c(Br)cnn32)c1. The zero-order valence-corrected chi connectivity index (χ0v) is 11.2. The molecule has 2 heterocycles. The first-order chi connectivity index (χ1) is 8.25. The van der Waals surface area contributed by atoms with Crippen LogP contribution in [0.1, 0.15) is 23.6 Å². The van der Waals surface area contributed by atoms with Crippen LogP contribution in [-0.4, -0.2) is 16.3 Å². The van der Waals surface area contributed by atoms with Gasteiger partial charge in [-0.2, -0.15) is 5.10 Å². The minimum absolute atomic E-state index is 0.345. The summed E-state index contributed by atoms with van der Waals surface area (Å²) in [4.78, 5) is 0. The Labute approximate surface area is 109 Å². The number of nitrogens with zero attached hydrogens (tertiary/aromatic N) is 2. The summed E-state index contributed by atoms with van der Waals surface area (Å²) in [6, 6.07) is 9.02. The number of hydrogen-bond donors (Lipinski definition) is 1. The predicted octanol–water partition coefficient (Wildman–Crippen LogP) is 3.36. The molecule has 4 heteroatoms. The number of nitrogens with one attached hydrogen (secondary N) is 1. The van der Waals surface area contributed by atoms with Crippen LogP contribution >= 0.6 is 15.9 Å². The summed E-state index contributed by atoms with van der Waals surface area (Å²) in [5.41, 5.74) is 2.64. The molecule has 0 fully saturated rings. The fourth-order valence-electron chi connectivity index (χ4n) is 2.38. The molecule has 0 spiro atoms. The molecule has 1 atom stereocenters. The highest BCUT2D eigenvalue weighted by molar-refractivity contribution is 9.10. The maximum atomic E-state index is 4.45. The van der Waals surface area contributed by atoms with Crippen LogP contribution < -0.4 is 5.32 Å². The standard InChI is InChI=1S/C13H14BrN3/c1-9-3-2-4-10(7-9)12-5-6-15-13-11(14)8-16-17(12)13/h2-4,7-8,12,15H,5-6H2,1H3. The molecule has 88 valence electrons. The van der Waals surface area contributed by atoms with Crippen LogP contribution in [0.2, 0.25) is 0 Å². The molecule has 1 aromatic carbocycles. The molecule has 0 saturated carbocycles. The average Bonchev–Trinajstić information content (AvgIpc) is 2.71. The zero-order valence-electron chi connectivity index (χ0n) is 9.65. The van der Waals surface area contributed by atoms with Crippen LogP contribution in [0.4, 0.5) is 5.82 Å². The fourth-order valence-corrected chi connectivity index (χ4v) is 2.79. The van der Waals surface area contributed by atoms with Gasteiger partial charge in [0, 0.05) is 6.54 Å². The summed E-state index contributed by atoms with van der Waals surface area (Å²) in [6.45, 7) is 3.12. The second kappa shape index (κ2) is 4.18. The third-order valence-corrected chi connectivity index (χ3v) is 3.76. The molecule has 0 amide bonds. The van der Waals surface area contributed by atoms with Crippen LogP contribution in [0.3, 0.4) is 0 Å². The second-order valence-corrected chi connectivity index (χ2v) is 5.29. The van der Waals surface area contributed by atoms with Crippen molar-refractivity contribution in [1.29, 1.82) is 0 Å². The van der Waals surface area contributed by atoms with Gasteiger partial charge >= 0.3 is 0 Å². The van der Waals surface area contributed by atoms with Gasteiger partial charge in [0.1, 0.15) is 5.82 Å². The maximum Gasteiger partial charge on any atom is 0.139 e. The van der Waals surface area contributed by atoms with Crippen LogP contribution in [0.5, 0.6) is 0 Å². The molecule has 3 rings (SSSR count). The van der Waals surface area contributed by atoms with Crippen LogP contribution in [0.25, 0.3) is 0 Å². The van der Waals surface area contributed by atoms with Gasteiger partial charge in [-0.05, 0) is 34.8 Å². The Morgan fingerprint density at radius 3 is 3.18 bits per heavy atom. The Hall–Kier alpha value is -1.29. The van der Waals surface area contributed by atoms with Crippen molar-refractivity contribution >= 4 is 21.7 Å². The molecular weight excluding hydrogens is 278 g/mol. The monoisotopic (exact) mass is 291 g/mol. The van der Waals surface area contributed by atoms with Crippen molar-refractivity contribution in [3.05, 3.63) is 46.1 Å². The van der Waals surface area contributed by atoms with E-state index in [9.17, 15) is 0 Å².